The number of hydrogen-bond acceptors (Lipinski definition) is 4. The third kappa shape index (κ3) is 4.20. The standard InChI is InChI=1S/C26H20ClFN4OS/c1-15-6-3-11-21(12-15)32-16(2)22(23(29-26(32)34)17-7-5-10-20(28)14-17)25-30-24(31-33-25)18-8-4-9-19(27)13-18/h3-14,23H,1-2H3,(H,29,34). The van der Waals surface area contributed by atoms with E-state index in [-0.39, 0.29) is 5.82 Å². The summed E-state index contributed by atoms with van der Waals surface area (Å²) in [5.41, 5.74) is 4.95. The first-order chi connectivity index (χ1) is 16.4. The summed E-state index contributed by atoms with van der Waals surface area (Å²) in [7, 11) is 0. The highest BCUT2D eigenvalue weighted by molar-refractivity contribution is 7.80. The van der Waals surface area contributed by atoms with Crippen molar-refractivity contribution < 1.29 is 8.91 Å². The van der Waals surface area contributed by atoms with Crippen LogP contribution in [-0.4, -0.2) is 15.3 Å². The molecular formula is C26H20ClFN4OS. The fourth-order valence-corrected chi connectivity index (χ4v) is 4.66. The molecule has 0 saturated carbocycles. The van der Waals surface area contributed by atoms with Crippen molar-refractivity contribution in [2.24, 2.45) is 0 Å². The highest BCUT2D eigenvalue weighted by atomic mass is 35.5. The number of aryl methyl sites for hydroxylation is 1. The molecule has 5 nitrogen and oxygen atoms in total. The molecule has 1 aliphatic rings. The molecule has 0 aliphatic carbocycles. The molecule has 8 heteroatoms. The van der Waals surface area contributed by atoms with E-state index in [1.165, 1.54) is 12.1 Å². The predicted molar refractivity (Wildman–Crippen MR) is 136 cm³/mol. The van der Waals surface area contributed by atoms with Crippen molar-refractivity contribution in [1.82, 2.24) is 15.5 Å². The van der Waals surface area contributed by atoms with Gasteiger partial charge in [-0.15, -0.1) is 0 Å². The number of benzene rings is 3. The summed E-state index contributed by atoms with van der Waals surface area (Å²) in [5.74, 6) is 0.383. The Morgan fingerprint density at radius 2 is 1.82 bits per heavy atom. The number of aromatic nitrogens is 2. The van der Waals surface area contributed by atoms with Crippen LogP contribution >= 0.6 is 23.8 Å². The van der Waals surface area contributed by atoms with Gasteiger partial charge in [0.25, 0.3) is 5.89 Å². The van der Waals surface area contributed by atoms with E-state index in [1.54, 1.807) is 18.2 Å². The minimum Gasteiger partial charge on any atom is -0.351 e. The number of hydrogen-bond donors (Lipinski definition) is 1. The Balaban J connectivity index is 1.67. The number of rotatable bonds is 4. The van der Waals surface area contributed by atoms with Crippen LogP contribution in [-0.2, 0) is 0 Å². The van der Waals surface area contributed by atoms with Crippen LogP contribution in [0.3, 0.4) is 0 Å². The van der Waals surface area contributed by atoms with Crippen LogP contribution in [0.25, 0.3) is 17.0 Å². The third-order valence-electron chi connectivity index (χ3n) is 5.67. The molecule has 34 heavy (non-hydrogen) atoms. The summed E-state index contributed by atoms with van der Waals surface area (Å²) < 4.78 is 19.9. The first-order valence-corrected chi connectivity index (χ1v) is 11.4. The Kier molecular flexibility index (Phi) is 5.89. The molecule has 2 heterocycles. The zero-order chi connectivity index (χ0) is 23.8. The van der Waals surface area contributed by atoms with Crippen LogP contribution in [0.4, 0.5) is 10.1 Å². The van der Waals surface area contributed by atoms with Gasteiger partial charge in [-0.05, 0) is 73.6 Å². The summed E-state index contributed by atoms with van der Waals surface area (Å²) >= 11 is 11.9. The monoisotopic (exact) mass is 490 g/mol. The smallest absolute Gasteiger partial charge is 0.258 e. The van der Waals surface area contributed by atoms with Gasteiger partial charge in [0.15, 0.2) is 5.11 Å². The molecule has 1 aromatic heterocycles. The zero-order valence-electron chi connectivity index (χ0n) is 18.4. The molecule has 3 aromatic carbocycles. The molecule has 1 unspecified atom stereocenters. The fraction of sp³-hybridized carbons (Fsp3) is 0.115. The number of halogens is 2. The molecule has 1 N–H and O–H groups in total. The molecule has 0 saturated heterocycles. The first kappa shape index (κ1) is 22.3. The topological polar surface area (TPSA) is 54.2 Å². The van der Waals surface area contributed by atoms with Gasteiger partial charge in [0.05, 0.1) is 11.6 Å². The molecule has 1 aliphatic heterocycles. The Labute approximate surface area is 206 Å². The van der Waals surface area contributed by atoms with Crippen LogP contribution in [0.1, 0.15) is 30.0 Å². The summed E-state index contributed by atoms with van der Waals surface area (Å²) in [6, 6.07) is 21.2. The third-order valence-corrected chi connectivity index (χ3v) is 6.20. The van der Waals surface area contributed by atoms with Gasteiger partial charge in [0.2, 0.25) is 5.82 Å². The zero-order valence-corrected chi connectivity index (χ0v) is 20.0. The molecule has 0 fully saturated rings. The Morgan fingerprint density at radius 1 is 1.03 bits per heavy atom. The molecule has 1 atom stereocenters. The number of thiocarbonyl (C=S) groups is 1. The summed E-state index contributed by atoms with van der Waals surface area (Å²) in [4.78, 5) is 6.59. The van der Waals surface area contributed by atoms with E-state index in [1.807, 2.05) is 61.2 Å². The molecule has 0 radical (unpaired) electrons. The lowest BCUT2D eigenvalue weighted by Crippen LogP contribution is -2.46. The lowest BCUT2D eigenvalue weighted by atomic mass is 9.94. The van der Waals surface area contributed by atoms with E-state index >= 15 is 0 Å². The van der Waals surface area contributed by atoms with Crippen LogP contribution in [0.2, 0.25) is 5.02 Å². The van der Waals surface area contributed by atoms with Gasteiger partial charge >= 0.3 is 0 Å². The molecule has 0 bridgehead atoms. The Hall–Kier alpha value is -3.55. The average Bonchev–Trinajstić information content (AvgIpc) is 3.28. The molecule has 0 amide bonds. The van der Waals surface area contributed by atoms with E-state index in [0.717, 1.165) is 22.5 Å². The summed E-state index contributed by atoms with van der Waals surface area (Å²) in [6.45, 7) is 3.97. The summed E-state index contributed by atoms with van der Waals surface area (Å²) in [5, 5.41) is 8.60. The summed E-state index contributed by atoms with van der Waals surface area (Å²) in [6.07, 6.45) is 0. The molecule has 5 rings (SSSR count). The van der Waals surface area contributed by atoms with Crippen LogP contribution in [0.5, 0.6) is 0 Å². The minimum absolute atomic E-state index is 0.314. The number of nitrogens with one attached hydrogen (secondary N) is 1. The van der Waals surface area contributed by atoms with Gasteiger partial charge < -0.3 is 9.84 Å². The molecule has 170 valence electrons. The normalized spacial score (nSPS) is 16.1. The maximum absolute atomic E-state index is 14.1. The predicted octanol–water partition coefficient (Wildman–Crippen LogP) is 6.70. The fourth-order valence-electron chi connectivity index (χ4n) is 4.11. The lowest BCUT2D eigenvalue weighted by molar-refractivity contribution is 0.404. The van der Waals surface area contributed by atoms with Crippen LogP contribution in [0, 0.1) is 12.7 Å². The van der Waals surface area contributed by atoms with Crippen molar-refractivity contribution in [2.45, 2.75) is 19.9 Å². The van der Waals surface area contributed by atoms with Gasteiger partial charge in [-0.25, -0.2) is 4.39 Å². The SMILES string of the molecule is CC1=C(c2nc(-c3cccc(Cl)c3)no2)C(c2cccc(F)c2)NC(=S)N1c1cccc(C)c1. The van der Waals surface area contributed by atoms with Crippen molar-refractivity contribution in [3.05, 3.63) is 106 Å². The largest absolute Gasteiger partial charge is 0.351 e. The molecular weight excluding hydrogens is 471 g/mol. The first-order valence-electron chi connectivity index (χ1n) is 10.6. The van der Waals surface area contributed by atoms with E-state index < -0.39 is 6.04 Å². The lowest BCUT2D eigenvalue weighted by Gasteiger charge is -2.37. The Bertz CT molecular complexity index is 1430. The van der Waals surface area contributed by atoms with E-state index in [4.69, 9.17) is 28.3 Å². The second kappa shape index (κ2) is 9.00. The van der Waals surface area contributed by atoms with E-state index in [2.05, 4.69) is 15.5 Å². The maximum atomic E-state index is 14.1. The van der Waals surface area contributed by atoms with Gasteiger partial charge in [0.1, 0.15) is 5.82 Å². The minimum atomic E-state index is -0.475. The van der Waals surface area contributed by atoms with E-state index in [9.17, 15) is 4.39 Å². The van der Waals surface area contributed by atoms with Crippen LogP contribution in [0.15, 0.2) is 83.0 Å². The highest BCUT2D eigenvalue weighted by Crippen LogP contribution is 2.39. The maximum Gasteiger partial charge on any atom is 0.258 e. The number of anilines is 1. The Morgan fingerprint density at radius 3 is 2.59 bits per heavy atom. The van der Waals surface area contributed by atoms with Crippen molar-refractivity contribution in [3.8, 4) is 11.4 Å². The quantitative estimate of drug-likeness (QED) is 0.321. The number of nitrogens with zero attached hydrogens (tertiary/aromatic N) is 3. The second-order valence-electron chi connectivity index (χ2n) is 8.04. The van der Waals surface area contributed by atoms with E-state index in [0.29, 0.717) is 33.0 Å². The van der Waals surface area contributed by atoms with Gasteiger partial charge in [-0.1, -0.05) is 53.2 Å². The number of allylic oxidation sites excluding steroid dienone is 1. The van der Waals surface area contributed by atoms with Crippen molar-refractivity contribution in [2.75, 3.05) is 4.90 Å². The molecule has 4 aromatic rings. The van der Waals surface area contributed by atoms with Crippen molar-refractivity contribution in [3.63, 3.8) is 0 Å². The van der Waals surface area contributed by atoms with Gasteiger partial charge in [-0.2, -0.15) is 4.98 Å². The van der Waals surface area contributed by atoms with Gasteiger partial charge in [-0.3, -0.25) is 4.90 Å². The van der Waals surface area contributed by atoms with Crippen LogP contribution < -0.4 is 10.2 Å². The van der Waals surface area contributed by atoms with Crippen molar-refractivity contribution >= 4 is 40.2 Å². The highest BCUT2D eigenvalue weighted by Gasteiger charge is 2.35. The average molecular weight is 491 g/mol. The molecule has 0 spiro atoms. The van der Waals surface area contributed by atoms with Gasteiger partial charge in [0, 0.05) is 22.0 Å². The van der Waals surface area contributed by atoms with Crippen molar-refractivity contribution in [1.29, 1.82) is 0 Å². The second-order valence-corrected chi connectivity index (χ2v) is 8.87.